The summed E-state index contributed by atoms with van der Waals surface area (Å²) in [5, 5.41) is 3.89. The van der Waals surface area contributed by atoms with Crippen molar-refractivity contribution in [2.75, 3.05) is 5.32 Å². The van der Waals surface area contributed by atoms with Crippen LogP contribution < -0.4 is 5.32 Å². The third-order valence-electron chi connectivity index (χ3n) is 5.07. The summed E-state index contributed by atoms with van der Waals surface area (Å²) < 4.78 is 0. The molecule has 0 bridgehead atoms. The van der Waals surface area contributed by atoms with Gasteiger partial charge in [0.25, 0.3) is 0 Å². The first-order valence-corrected chi connectivity index (χ1v) is 10.7. The fourth-order valence-corrected chi connectivity index (χ4v) is 3.46. The minimum absolute atomic E-state index is 0.00711. The Morgan fingerprint density at radius 2 is 1.27 bits per heavy atom. The highest BCUT2D eigenvalue weighted by Gasteiger charge is 2.12. The molecule has 0 unspecified atom stereocenters. The van der Waals surface area contributed by atoms with Crippen LogP contribution in [0.3, 0.4) is 0 Å². The van der Waals surface area contributed by atoms with Crippen molar-refractivity contribution < 1.29 is 9.59 Å². The number of aromatic nitrogens is 3. The van der Waals surface area contributed by atoms with Gasteiger partial charge in [-0.25, -0.2) is 4.98 Å². The molecular weight excluding hydrogens is 436 g/mol. The van der Waals surface area contributed by atoms with Crippen LogP contribution in [0.15, 0.2) is 72.8 Å². The molecular formula is C26H21ClN4O2. The summed E-state index contributed by atoms with van der Waals surface area (Å²) in [6.45, 7) is 3.53. The smallest absolute Gasteiger partial charge is 0.227 e. The molecule has 0 fully saturated rings. The Kier molecular flexibility index (Phi) is 6.56. The summed E-state index contributed by atoms with van der Waals surface area (Å²) in [6.07, 6.45) is 0. The molecule has 0 aliphatic heterocycles. The van der Waals surface area contributed by atoms with E-state index in [4.69, 9.17) is 11.6 Å². The van der Waals surface area contributed by atoms with Crippen LogP contribution in [-0.2, 0) is 6.54 Å². The molecule has 0 atom stereocenters. The number of carbonyl (C=O) groups is 2. The Hall–Kier alpha value is -3.90. The predicted molar refractivity (Wildman–Crippen MR) is 129 cm³/mol. The Labute approximate surface area is 196 Å². The summed E-state index contributed by atoms with van der Waals surface area (Å²) in [7, 11) is 0. The van der Waals surface area contributed by atoms with Gasteiger partial charge in [-0.2, -0.15) is 9.97 Å². The molecule has 4 aromatic rings. The zero-order chi connectivity index (χ0) is 23.4. The second-order valence-electron chi connectivity index (χ2n) is 7.56. The number of ketones is 2. The number of nitrogens with zero attached hydrogens (tertiary/aromatic N) is 3. The fourth-order valence-electron chi connectivity index (χ4n) is 3.25. The number of halogens is 1. The Morgan fingerprint density at radius 3 is 1.73 bits per heavy atom. The Bertz CT molecular complexity index is 1240. The van der Waals surface area contributed by atoms with Crippen molar-refractivity contribution in [1.29, 1.82) is 0 Å². The first kappa shape index (κ1) is 22.3. The largest absolute Gasteiger partial charge is 0.350 e. The minimum Gasteiger partial charge on any atom is -0.350 e. The summed E-state index contributed by atoms with van der Waals surface area (Å²) >= 11 is 6.09. The van der Waals surface area contributed by atoms with Crippen LogP contribution in [0.2, 0.25) is 5.02 Å². The molecule has 1 N–H and O–H groups in total. The van der Waals surface area contributed by atoms with Gasteiger partial charge in [0.1, 0.15) is 0 Å². The van der Waals surface area contributed by atoms with Gasteiger partial charge in [-0.3, -0.25) is 9.59 Å². The van der Waals surface area contributed by atoms with E-state index < -0.39 is 0 Å². The molecule has 33 heavy (non-hydrogen) atoms. The van der Waals surface area contributed by atoms with E-state index in [9.17, 15) is 9.59 Å². The van der Waals surface area contributed by atoms with Crippen LogP contribution in [-0.4, -0.2) is 26.5 Å². The molecule has 0 spiro atoms. The normalized spacial score (nSPS) is 10.6. The van der Waals surface area contributed by atoms with E-state index in [-0.39, 0.29) is 11.6 Å². The van der Waals surface area contributed by atoms with Gasteiger partial charge in [0.05, 0.1) is 0 Å². The van der Waals surface area contributed by atoms with Gasteiger partial charge in [-0.15, -0.1) is 0 Å². The maximum atomic E-state index is 11.6. The number of hydrogen-bond donors (Lipinski definition) is 1. The first-order chi connectivity index (χ1) is 15.9. The summed E-state index contributed by atoms with van der Waals surface area (Å²) in [6, 6.07) is 21.8. The number of carbonyl (C=O) groups excluding carboxylic acids is 2. The van der Waals surface area contributed by atoms with Crippen molar-refractivity contribution in [3.63, 3.8) is 0 Å². The zero-order valence-electron chi connectivity index (χ0n) is 18.2. The second kappa shape index (κ2) is 9.71. The van der Waals surface area contributed by atoms with E-state index in [1.54, 1.807) is 24.3 Å². The number of Topliss-reactive ketones (excluding diaryl/α,β-unsaturated/α-hetero) is 2. The zero-order valence-corrected chi connectivity index (χ0v) is 18.9. The molecule has 4 rings (SSSR count). The molecule has 6 nitrogen and oxygen atoms in total. The number of benzene rings is 3. The average Bonchev–Trinajstić information content (AvgIpc) is 2.83. The van der Waals surface area contributed by atoms with E-state index in [2.05, 4.69) is 20.3 Å². The molecule has 164 valence electrons. The lowest BCUT2D eigenvalue weighted by molar-refractivity contribution is 0.100. The molecule has 0 saturated carbocycles. The number of hydrogen-bond acceptors (Lipinski definition) is 6. The molecule has 0 saturated heterocycles. The van der Waals surface area contributed by atoms with Crippen molar-refractivity contribution in [3.05, 3.63) is 94.5 Å². The van der Waals surface area contributed by atoms with Gasteiger partial charge in [0.2, 0.25) is 5.95 Å². The molecule has 0 aliphatic rings. The monoisotopic (exact) mass is 456 g/mol. The highest BCUT2D eigenvalue weighted by Crippen LogP contribution is 2.23. The quantitative estimate of drug-likeness (QED) is 0.350. The van der Waals surface area contributed by atoms with Crippen molar-refractivity contribution in [1.82, 2.24) is 15.0 Å². The van der Waals surface area contributed by atoms with Gasteiger partial charge < -0.3 is 5.32 Å². The van der Waals surface area contributed by atoms with E-state index in [1.165, 1.54) is 13.8 Å². The molecule has 0 radical (unpaired) electrons. The Morgan fingerprint density at radius 1 is 0.758 bits per heavy atom. The SMILES string of the molecule is CC(=O)c1ccc(-c2nc(NCc3cccc(Cl)c3)nc(-c3ccc(C(C)=O)cc3)n2)cc1. The van der Waals surface area contributed by atoms with Crippen molar-refractivity contribution in [2.45, 2.75) is 20.4 Å². The molecule has 1 heterocycles. The maximum absolute atomic E-state index is 11.6. The highest BCUT2D eigenvalue weighted by atomic mass is 35.5. The Balaban J connectivity index is 1.71. The molecule has 3 aromatic carbocycles. The third kappa shape index (κ3) is 5.48. The lowest BCUT2D eigenvalue weighted by Crippen LogP contribution is -2.07. The average molecular weight is 457 g/mol. The minimum atomic E-state index is -0.00711. The predicted octanol–water partition coefficient (Wildman–Crippen LogP) is 5.88. The van der Waals surface area contributed by atoms with Crippen LogP contribution >= 0.6 is 11.6 Å². The van der Waals surface area contributed by atoms with E-state index in [0.717, 1.165) is 16.7 Å². The van der Waals surface area contributed by atoms with Crippen molar-refractivity contribution in [3.8, 4) is 22.8 Å². The second-order valence-corrected chi connectivity index (χ2v) is 7.99. The van der Waals surface area contributed by atoms with E-state index in [0.29, 0.717) is 40.3 Å². The van der Waals surface area contributed by atoms with Gasteiger partial charge in [0.15, 0.2) is 23.2 Å². The summed E-state index contributed by atoms with van der Waals surface area (Å²) in [5.74, 6) is 1.33. The fraction of sp³-hybridized carbons (Fsp3) is 0.115. The van der Waals surface area contributed by atoms with Crippen LogP contribution in [0.4, 0.5) is 5.95 Å². The molecule has 0 aliphatic carbocycles. The van der Waals surface area contributed by atoms with Crippen LogP contribution in [0.5, 0.6) is 0 Å². The first-order valence-electron chi connectivity index (χ1n) is 10.4. The lowest BCUT2D eigenvalue weighted by atomic mass is 10.1. The van der Waals surface area contributed by atoms with Crippen LogP contribution in [0.1, 0.15) is 40.1 Å². The van der Waals surface area contributed by atoms with Gasteiger partial charge in [-0.1, -0.05) is 72.3 Å². The lowest BCUT2D eigenvalue weighted by Gasteiger charge is -2.10. The van der Waals surface area contributed by atoms with Crippen molar-refractivity contribution in [2.24, 2.45) is 0 Å². The number of anilines is 1. The number of rotatable bonds is 7. The third-order valence-corrected chi connectivity index (χ3v) is 5.31. The summed E-state index contributed by atoms with van der Waals surface area (Å²) in [4.78, 5) is 37.0. The number of nitrogens with one attached hydrogen (secondary N) is 1. The van der Waals surface area contributed by atoms with E-state index in [1.807, 2.05) is 48.5 Å². The standard InChI is InChI=1S/C26H21ClN4O2/c1-16(32)19-6-10-21(11-7-19)24-29-25(22-12-8-20(9-13-22)17(2)33)31-26(30-24)28-15-18-4-3-5-23(27)14-18/h3-14H,15H2,1-2H3,(H,28,29,30,31). The topological polar surface area (TPSA) is 84.8 Å². The van der Waals surface area contributed by atoms with Gasteiger partial charge in [-0.05, 0) is 31.5 Å². The highest BCUT2D eigenvalue weighted by molar-refractivity contribution is 6.30. The van der Waals surface area contributed by atoms with Crippen molar-refractivity contribution >= 4 is 29.1 Å². The molecule has 0 amide bonds. The van der Waals surface area contributed by atoms with Gasteiger partial charge in [0, 0.05) is 33.8 Å². The molecule has 7 heteroatoms. The molecule has 1 aromatic heterocycles. The summed E-state index contributed by atoms with van der Waals surface area (Å²) in [5.41, 5.74) is 3.74. The van der Waals surface area contributed by atoms with E-state index >= 15 is 0 Å². The maximum Gasteiger partial charge on any atom is 0.227 e. The van der Waals surface area contributed by atoms with Gasteiger partial charge >= 0.3 is 0 Å². The van der Waals surface area contributed by atoms with Crippen LogP contribution in [0, 0.1) is 0 Å². The van der Waals surface area contributed by atoms with Crippen LogP contribution in [0.25, 0.3) is 22.8 Å².